The monoisotopic (exact) mass is 279 g/mol. The highest BCUT2D eigenvalue weighted by molar-refractivity contribution is 7.98. The van der Waals surface area contributed by atoms with Gasteiger partial charge in [0.25, 0.3) is 5.91 Å². The number of hydrazine groups is 1. The molecule has 0 aliphatic carbocycles. The predicted molar refractivity (Wildman–Crippen MR) is 76.4 cm³/mol. The Balaban J connectivity index is 2.09. The molecule has 1 heterocycles. The summed E-state index contributed by atoms with van der Waals surface area (Å²) in [6.45, 7) is 0. The number of nitrogen functional groups attached to an aromatic ring is 2. The number of carbonyl (C=O) groups is 1. The molecular weight excluding hydrogens is 266 g/mol. The van der Waals surface area contributed by atoms with Gasteiger partial charge in [0, 0.05) is 16.3 Å². The Morgan fingerprint density at radius 3 is 2.83 bits per heavy atom. The van der Waals surface area contributed by atoms with Crippen molar-refractivity contribution in [3.8, 4) is 0 Å². The summed E-state index contributed by atoms with van der Waals surface area (Å²) in [5.41, 5.74) is 9.74. The van der Waals surface area contributed by atoms with Crippen LogP contribution in [0.1, 0.15) is 15.2 Å². The summed E-state index contributed by atoms with van der Waals surface area (Å²) >= 11 is 2.99. The highest BCUT2D eigenvalue weighted by atomic mass is 32.2. The Labute approximate surface area is 113 Å². The molecule has 0 saturated carbocycles. The SMILES string of the molecule is NNC(=O)c1sccc1CSc1ccccc1N. The molecule has 0 saturated heterocycles. The summed E-state index contributed by atoms with van der Waals surface area (Å²) in [7, 11) is 0. The minimum Gasteiger partial charge on any atom is -0.398 e. The first-order valence-electron chi connectivity index (χ1n) is 5.27. The molecule has 2 rings (SSSR count). The summed E-state index contributed by atoms with van der Waals surface area (Å²) in [6, 6.07) is 9.61. The number of para-hydroxylation sites is 1. The van der Waals surface area contributed by atoms with Crippen LogP contribution in [-0.4, -0.2) is 5.91 Å². The van der Waals surface area contributed by atoms with Crippen molar-refractivity contribution < 1.29 is 4.79 Å². The van der Waals surface area contributed by atoms with Gasteiger partial charge in [0.15, 0.2) is 0 Å². The van der Waals surface area contributed by atoms with E-state index in [-0.39, 0.29) is 5.91 Å². The van der Waals surface area contributed by atoms with Crippen LogP contribution in [0, 0.1) is 0 Å². The van der Waals surface area contributed by atoms with Gasteiger partial charge in [0.2, 0.25) is 0 Å². The van der Waals surface area contributed by atoms with E-state index in [2.05, 4.69) is 5.43 Å². The molecule has 0 aliphatic rings. The Bertz CT molecular complexity index is 554. The molecule has 0 aliphatic heterocycles. The molecule has 5 N–H and O–H groups in total. The van der Waals surface area contributed by atoms with E-state index in [9.17, 15) is 4.79 Å². The average Bonchev–Trinajstić information content (AvgIpc) is 2.85. The Hall–Kier alpha value is -1.50. The largest absolute Gasteiger partial charge is 0.398 e. The van der Waals surface area contributed by atoms with E-state index in [1.165, 1.54) is 11.3 Å². The third-order valence-electron chi connectivity index (χ3n) is 2.39. The lowest BCUT2D eigenvalue weighted by Crippen LogP contribution is -2.29. The van der Waals surface area contributed by atoms with Crippen molar-refractivity contribution in [3.63, 3.8) is 0 Å². The van der Waals surface area contributed by atoms with Gasteiger partial charge in [-0.15, -0.1) is 23.1 Å². The molecule has 1 amide bonds. The summed E-state index contributed by atoms with van der Waals surface area (Å²) in [4.78, 5) is 13.2. The normalized spacial score (nSPS) is 10.3. The number of hydrogen-bond donors (Lipinski definition) is 3. The van der Waals surface area contributed by atoms with Crippen LogP contribution in [0.25, 0.3) is 0 Å². The lowest BCUT2D eigenvalue weighted by atomic mass is 10.3. The van der Waals surface area contributed by atoms with Crippen LogP contribution in [0.3, 0.4) is 0 Å². The third-order valence-corrected chi connectivity index (χ3v) is 4.48. The van der Waals surface area contributed by atoms with E-state index in [0.717, 1.165) is 16.1 Å². The highest BCUT2D eigenvalue weighted by Crippen LogP contribution is 2.30. The van der Waals surface area contributed by atoms with Crippen LogP contribution in [-0.2, 0) is 5.75 Å². The van der Waals surface area contributed by atoms with Crippen LogP contribution in [0.2, 0.25) is 0 Å². The van der Waals surface area contributed by atoms with E-state index in [0.29, 0.717) is 10.6 Å². The molecule has 94 valence electrons. The van der Waals surface area contributed by atoms with Gasteiger partial charge in [0.1, 0.15) is 0 Å². The van der Waals surface area contributed by atoms with Crippen molar-refractivity contribution >= 4 is 34.7 Å². The molecule has 0 atom stereocenters. The molecule has 0 bridgehead atoms. The fraction of sp³-hybridized carbons (Fsp3) is 0.0833. The summed E-state index contributed by atoms with van der Waals surface area (Å²) in [5.74, 6) is 5.59. The Morgan fingerprint density at radius 1 is 1.33 bits per heavy atom. The second-order valence-electron chi connectivity index (χ2n) is 3.57. The lowest BCUT2D eigenvalue weighted by molar-refractivity contribution is 0.0957. The molecule has 1 aromatic carbocycles. The number of thioether (sulfide) groups is 1. The molecule has 6 heteroatoms. The van der Waals surface area contributed by atoms with Crippen molar-refractivity contribution in [1.29, 1.82) is 0 Å². The van der Waals surface area contributed by atoms with Crippen LogP contribution in [0.5, 0.6) is 0 Å². The van der Waals surface area contributed by atoms with Crippen molar-refractivity contribution in [3.05, 3.63) is 46.2 Å². The second-order valence-corrected chi connectivity index (χ2v) is 5.51. The zero-order valence-electron chi connectivity index (χ0n) is 9.55. The molecule has 0 fully saturated rings. The van der Waals surface area contributed by atoms with Gasteiger partial charge < -0.3 is 5.73 Å². The highest BCUT2D eigenvalue weighted by Gasteiger charge is 2.12. The molecule has 1 aromatic heterocycles. The van der Waals surface area contributed by atoms with Gasteiger partial charge in [-0.3, -0.25) is 10.2 Å². The first kappa shape index (κ1) is 12.9. The minimum absolute atomic E-state index is 0.248. The number of nitrogens with one attached hydrogen (secondary N) is 1. The molecule has 0 radical (unpaired) electrons. The fourth-order valence-corrected chi connectivity index (χ4v) is 3.36. The number of benzene rings is 1. The molecule has 4 nitrogen and oxygen atoms in total. The summed E-state index contributed by atoms with van der Waals surface area (Å²) in [5, 5.41) is 1.88. The van der Waals surface area contributed by atoms with E-state index < -0.39 is 0 Å². The van der Waals surface area contributed by atoms with Gasteiger partial charge in [0.05, 0.1) is 4.88 Å². The van der Waals surface area contributed by atoms with Gasteiger partial charge >= 0.3 is 0 Å². The van der Waals surface area contributed by atoms with Crippen molar-refractivity contribution in [2.45, 2.75) is 10.6 Å². The number of thiophene rings is 1. The smallest absolute Gasteiger partial charge is 0.275 e. The molecule has 0 unspecified atom stereocenters. The first-order chi connectivity index (χ1) is 8.72. The summed E-state index contributed by atoms with van der Waals surface area (Å²) in [6.07, 6.45) is 0. The van der Waals surface area contributed by atoms with E-state index >= 15 is 0 Å². The zero-order chi connectivity index (χ0) is 13.0. The Morgan fingerprint density at radius 2 is 2.11 bits per heavy atom. The Kier molecular flexibility index (Phi) is 4.24. The number of nitrogens with two attached hydrogens (primary N) is 2. The molecule has 18 heavy (non-hydrogen) atoms. The predicted octanol–water partition coefficient (Wildman–Crippen LogP) is 2.23. The first-order valence-corrected chi connectivity index (χ1v) is 7.13. The van der Waals surface area contributed by atoms with Gasteiger partial charge in [-0.25, -0.2) is 5.84 Å². The zero-order valence-corrected chi connectivity index (χ0v) is 11.2. The van der Waals surface area contributed by atoms with Crippen molar-refractivity contribution in [2.75, 3.05) is 5.73 Å². The maximum atomic E-state index is 11.5. The molecular formula is C12H13N3OS2. The van der Waals surface area contributed by atoms with E-state index in [4.69, 9.17) is 11.6 Å². The fourth-order valence-electron chi connectivity index (χ4n) is 1.48. The third kappa shape index (κ3) is 2.84. The minimum atomic E-state index is -0.248. The van der Waals surface area contributed by atoms with Gasteiger partial charge in [-0.1, -0.05) is 12.1 Å². The average molecular weight is 279 g/mol. The molecule has 2 aromatic rings. The molecule has 0 spiro atoms. The van der Waals surface area contributed by atoms with E-state index in [1.807, 2.05) is 35.7 Å². The number of anilines is 1. The van der Waals surface area contributed by atoms with Crippen LogP contribution in [0.4, 0.5) is 5.69 Å². The van der Waals surface area contributed by atoms with Crippen molar-refractivity contribution in [1.82, 2.24) is 5.43 Å². The number of rotatable bonds is 4. The summed E-state index contributed by atoms with van der Waals surface area (Å²) < 4.78 is 0. The van der Waals surface area contributed by atoms with Gasteiger partial charge in [-0.2, -0.15) is 0 Å². The van der Waals surface area contributed by atoms with Crippen molar-refractivity contribution in [2.24, 2.45) is 5.84 Å². The van der Waals surface area contributed by atoms with E-state index in [1.54, 1.807) is 11.8 Å². The number of amides is 1. The quantitative estimate of drug-likeness (QED) is 0.263. The standard InChI is InChI=1S/C12H13N3OS2/c13-9-3-1-2-4-10(9)18-7-8-5-6-17-11(8)12(16)15-14/h1-6H,7,13-14H2,(H,15,16). The maximum Gasteiger partial charge on any atom is 0.275 e. The van der Waals surface area contributed by atoms with Crippen LogP contribution in [0.15, 0.2) is 40.6 Å². The van der Waals surface area contributed by atoms with Crippen LogP contribution >= 0.6 is 23.1 Å². The number of hydrogen-bond acceptors (Lipinski definition) is 5. The number of carbonyl (C=O) groups excluding carboxylic acids is 1. The second kappa shape index (κ2) is 5.90. The lowest BCUT2D eigenvalue weighted by Gasteiger charge is -2.05. The van der Waals surface area contributed by atoms with Crippen LogP contribution < -0.4 is 17.0 Å². The topological polar surface area (TPSA) is 81.1 Å². The van der Waals surface area contributed by atoms with Gasteiger partial charge in [-0.05, 0) is 29.1 Å². The maximum absolute atomic E-state index is 11.5.